The summed E-state index contributed by atoms with van der Waals surface area (Å²) in [5, 5.41) is 9.77. The minimum Gasteiger partial charge on any atom is -0.481 e. The second-order valence-electron chi connectivity index (χ2n) is 5.13. The first-order valence-electron chi connectivity index (χ1n) is 7.26. The van der Waals surface area contributed by atoms with Crippen LogP contribution in [0.4, 0.5) is 0 Å². The molecule has 1 N–H and O–H groups in total. The zero-order valence-corrected chi connectivity index (χ0v) is 12.7. The van der Waals surface area contributed by atoms with E-state index in [0.29, 0.717) is 39.3 Å². The topological polar surface area (TPSA) is 85.3 Å². The van der Waals surface area contributed by atoms with E-state index in [1.54, 1.807) is 7.05 Å². The number of rotatable bonds is 3. The second-order valence-corrected chi connectivity index (χ2v) is 5.13. The summed E-state index contributed by atoms with van der Waals surface area (Å²) in [6.07, 6.45) is 2.98. The number of carbonyl (C=O) groups is 2. The Kier molecular flexibility index (Phi) is 8.26. The highest BCUT2D eigenvalue weighted by Gasteiger charge is 2.24. The molecule has 21 heavy (non-hydrogen) atoms. The minimum atomic E-state index is -0.682. The second kappa shape index (κ2) is 9.70. The zero-order chi connectivity index (χ0) is 15.7. The molecule has 0 saturated carbocycles. The van der Waals surface area contributed by atoms with E-state index < -0.39 is 5.97 Å². The monoisotopic (exact) mass is 303 g/mol. The third kappa shape index (κ3) is 6.41. The Hall–Kier alpha value is -1.18. The van der Waals surface area contributed by atoms with Crippen molar-refractivity contribution in [2.24, 2.45) is 11.8 Å². The van der Waals surface area contributed by atoms with Gasteiger partial charge in [-0.3, -0.25) is 14.4 Å². The van der Waals surface area contributed by atoms with Crippen molar-refractivity contribution >= 4 is 11.9 Å². The summed E-state index contributed by atoms with van der Waals surface area (Å²) in [7, 11) is 3.13. The largest absolute Gasteiger partial charge is 0.481 e. The fraction of sp³-hybridized carbons (Fsp3) is 0.857. The molecular weight excluding hydrogens is 278 g/mol. The Bertz CT molecular complexity index is 323. The number of aliphatic carboxylic acids is 1. The quantitative estimate of drug-likeness (QED) is 0.781. The zero-order valence-electron chi connectivity index (χ0n) is 12.7. The van der Waals surface area contributed by atoms with Crippen LogP contribution in [0.15, 0.2) is 0 Å². The Labute approximate surface area is 125 Å². The molecule has 0 unspecified atom stereocenters. The van der Waals surface area contributed by atoms with Crippen LogP contribution in [0, 0.1) is 11.8 Å². The summed E-state index contributed by atoms with van der Waals surface area (Å²) in [5.41, 5.74) is 0. The van der Waals surface area contributed by atoms with Crippen LogP contribution < -0.4 is 0 Å². The molecule has 2 saturated heterocycles. The van der Waals surface area contributed by atoms with E-state index in [1.807, 2.05) is 0 Å². The summed E-state index contributed by atoms with van der Waals surface area (Å²) >= 11 is 0. The van der Waals surface area contributed by atoms with E-state index in [1.165, 1.54) is 12.2 Å². The lowest BCUT2D eigenvalue weighted by Crippen LogP contribution is -2.35. The Morgan fingerprint density at radius 1 is 1.00 bits per heavy atom. The van der Waals surface area contributed by atoms with Crippen LogP contribution in [0.25, 0.3) is 0 Å². The number of carboxylic acids is 1. The van der Waals surface area contributed by atoms with E-state index in [4.69, 9.17) is 19.4 Å². The van der Waals surface area contributed by atoms with Crippen molar-refractivity contribution in [2.75, 3.05) is 40.6 Å². The van der Waals surface area contributed by atoms with Crippen molar-refractivity contribution in [3.63, 3.8) is 0 Å². The highest BCUT2D eigenvalue weighted by Crippen LogP contribution is 2.16. The van der Waals surface area contributed by atoms with Crippen molar-refractivity contribution < 1.29 is 29.0 Å². The SMILES string of the molecule is CON(C)C(=O)C1CCOCC1.O=C(O)C1CCOCC1. The van der Waals surface area contributed by atoms with Crippen LogP contribution >= 0.6 is 0 Å². The number of amides is 1. The molecule has 2 aliphatic rings. The first kappa shape index (κ1) is 17.9. The number of nitrogens with zero attached hydrogens (tertiary/aromatic N) is 1. The maximum atomic E-state index is 11.5. The van der Waals surface area contributed by atoms with Gasteiger partial charge in [0.25, 0.3) is 0 Å². The van der Waals surface area contributed by atoms with E-state index >= 15 is 0 Å². The summed E-state index contributed by atoms with van der Waals surface area (Å²) in [5.74, 6) is -0.693. The Morgan fingerprint density at radius 3 is 1.76 bits per heavy atom. The predicted molar refractivity (Wildman–Crippen MR) is 74.5 cm³/mol. The van der Waals surface area contributed by atoms with Gasteiger partial charge in [0.05, 0.1) is 13.0 Å². The van der Waals surface area contributed by atoms with Crippen LogP contribution in [0.1, 0.15) is 25.7 Å². The van der Waals surface area contributed by atoms with E-state index in [9.17, 15) is 9.59 Å². The molecule has 0 aromatic heterocycles. The molecule has 2 aliphatic heterocycles. The van der Waals surface area contributed by atoms with E-state index in [-0.39, 0.29) is 17.7 Å². The average molecular weight is 303 g/mol. The number of carboxylic acid groups (broad SMARTS) is 1. The van der Waals surface area contributed by atoms with Gasteiger partial charge in [-0.15, -0.1) is 0 Å². The molecule has 0 radical (unpaired) electrons. The lowest BCUT2D eigenvalue weighted by atomic mass is 9.99. The van der Waals surface area contributed by atoms with Gasteiger partial charge in [0, 0.05) is 39.4 Å². The van der Waals surface area contributed by atoms with Crippen molar-refractivity contribution in [3.05, 3.63) is 0 Å². The molecule has 2 fully saturated rings. The maximum absolute atomic E-state index is 11.5. The van der Waals surface area contributed by atoms with Crippen molar-refractivity contribution in [3.8, 4) is 0 Å². The number of hydrogen-bond donors (Lipinski definition) is 1. The van der Waals surface area contributed by atoms with Crippen molar-refractivity contribution in [2.45, 2.75) is 25.7 Å². The molecule has 0 bridgehead atoms. The number of hydrogen-bond acceptors (Lipinski definition) is 5. The molecule has 0 aromatic rings. The molecule has 7 heteroatoms. The van der Waals surface area contributed by atoms with Gasteiger partial charge in [0.1, 0.15) is 0 Å². The first-order valence-corrected chi connectivity index (χ1v) is 7.26. The van der Waals surface area contributed by atoms with Gasteiger partial charge in [0.2, 0.25) is 5.91 Å². The van der Waals surface area contributed by atoms with Gasteiger partial charge in [-0.05, 0) is 25.7 Å². The molecule has 122 valence electrons. The van der Waals surface area contributed by atoms with Crippen molar-refractivity contribution in [1.82, 2.24) is 5.06 Å². The third-order valence-corrected chi connectivity index (χ3v) is 3.73. The molecule has 0 aliphatic carbocycles. The molecular formula is C14H25NO6. The van der Waals surface area contributed by atoms with E-state index in [0.717, 1.165) is 12.8 Å². The first-order chi connectivity index (χ1) is 10.1. The lowest BCUT2D eigenvalue weighted by molar-refractivity contribution is -0.176. The molecule has 0 spiro atoms. The summed E-state index contributed by atoms with van der Waals surface area (Å²) in [6, 6.07) is 0. The highest BCUT2D eigenvalue weighted by atomic mass is 16.7. The van der Waals surface area contributed by atoms with E-state index in [2.05, 4.69) is 0 Å². The van der Waals surface area contributed by atoms with Gasteiger partial charge in [-0.25, -0.2) is 5.06 Å². The lowest BCUT2D eigenvalue weighted by Gasteiger charge is -2.24. The maximum Gasteiger partial charge on any atom is 0.306 e. The summed E-state index contributed by atoms with van der Waals surface area (Å²) in [4.78, 5) is 26.6. The normalized spacial score (nSPS) is 20.3. The highest BCUT2D eigenvalue weighted by molar-refractivity contribution is 5.77. The smallest absolute Gasteiger partial charge is 0.306 e. The van der Waals surface area contributed by atoms with Crippen molar-refractivity contribution in [1.29, 1.82) is 0 Å². The number of hydroxylamine groups is 2. The van der Waals surface area contributed by atoms with Gasteiger partial charge >= 0.3 is 5.97 Å². The summed E-state index contributed by atoms with van der Waals surface area (Å²) in [6.45, 7) is 2.59. The number of carbonyl (C=O) groups excluding carboxylic acids is 1. The fourth-order valence-electron chi connectivity index (χ4n) is 2.24. The molecule has 0 atom stereocenters. The fourth-order valence-corrected chi connectivity index (χ4v) is 2.24. The molecule has 2 rings (SSSR count). The molecule has 7 nitrogen and oxygen atoms in total. The third-order valence-electron chi connectivity index (χ3n) is 3.73. The Balaban J connectivity index is 0.000000219. The average Bonchev–Trinajstić information content (AvgIpc) is 2.55. The predicted octanol–water partition coefficient (Wildman–Crippen LogP) is 0.930. The van der Waals surface area contributed by atoms with Gasteiger partial charge in [-0.1, -0.05) is 0 Å². The van der Waals surface area contributed by atoms with Gasteiger partial charge in [0.15, 0.2) is 0 Å². The minimum absolute atomic E-state index is 0.0563. The molecule has 1 amide bonds. The summed E-state index contributed by atoms with van der Waals surface area (Å²) < 4.78 is 10.1. The molecule has 2 heterocycles. The standard InChI is InChI=1S/C8H15NO3.C6H10O3/c1-9(11-2)8(10)7-3-5-12-6-4-7;7-6(8)5-1-3-9-4-2-5/h7H,3-6H2,1-2H3;5H,1-4H2,(H,7,8). The Morgan fingerprint density at radius 2 is 1.43 bits per heavy atom. The van der Waals surface area contributed by atoms with Crippen LogP contribution in [-0.4, -0.2) is 62.6 Å². The van der Waals surface area contributed by atoms with Gasteiger partial charge < -0.3 is 14.6 Å². The van der Waals surface area contributed by atoms with Crippen LogP contribution in [-0.2, 0) is 23.9 Å². The number of ether oxygens (including phenoxy) is 2. The molecule has 0 aromatic carbocycles. The van der Waals surface area contributed by atoms with Crippen LogP contribution in [0.2, 0.25) is 0 Å². The van der Waals surface area contributed by atoms with Gasteiger partial charge in [-0.2, -0.15) is 0 Å². The van der Waals surface area contributed by atoms with Crippen LogP contribution in [0.3, 0.4) is 0 Å². The van der Waals surface area contributed by atoms with Crippen LogP contribution in [0.5, 0.6) is 0 Å².